The summed E-state index contributed by atoms with van der Waals surface area (Å²) in [7, 11) is 0. The van der Waals surface area contributed by atoms with E-state index in [9.17, 15) is 10.2 Å². The second-order valence-electron chi connectivity index (χ2n) is 6.19. The smallest absolute Gasteiger partial charge is 0.872 e. The van der Waals surface area contributed by atoms with Crippen LogP contribution in [0.3, 0.4) is 0 Å². The minimum Gasteiger partial charge on any atom is -0.872 e. The standard InChI is InChI=1S/C21H28O2.Ca/c1-3-5-9-16-11-7-13-18(20(16)22)15-19-14-8-12-17(21(19)23)10-6-4-2;/h7-8,11-14,22-23H,3-6,9-10,15H2,1-2H3;/q;+2/p-2. The first-order valence-corrected chi connectivity index (χ1v) is 8.72. The van der Waals surface area contributed by atoms with E-state index in [1.54, 1.807) is 0 Å². The van der Waals surface area contributed by atoms with Crippen LogP contribution < -0.4 is 10.2 Å². The van der Waals surface area contributed by atoms with Gasteiger partial charge in [0.15, 0.2) is 0 Å². The number of hydrogen-bond acceptors (Lipinski definition) is 2. The van der Waals surface area contributed by atoms with Crippen LogP contribution in [0.1, 0.15) is 61.8 Å². The maximum absolute atomic E-state index is 12.5. The van der Waals surface area contributed by atoms with Crippen molar-refractivity contribution >= 4 is 37.7 Å². The van der Waals surface area contributed by atoms with Gasteiger partial charge in [0.05, 0.1) is 0 Å². The van der Waals surface area contributed by atoms with Gasteiger partial charge in [0.25, 0.3) is 0 Å². The molecule has 24 heavy (non-hydrogen) atoms. The summed E-state index contributed by atoms with van der Waals surface area (Å²) in [6.45, 7) is 4.25. The summed E-state index contributed by atoms with van der Waals surface area (Å²) in [5.41, 5.74) is 3.23. The van der Waals surface area contributed by atoms with E-state index in [1.165, 1.54) is 0 Å². The van der Waals surface area contributed by atoms with E-state index in [1.807, 2.05) is 36.4 Å². The predicted octanol–water partition coefficient (Wildman–Crippen LogP) is 3.73. The van der Waals surface area contributed by atoms with Crippen LogP contribution in [0.2, 0.25) is 0 Å². The molecule has 0 bridgehead atoms. The summed E-state index contributed by atoms with van der Waals surface area (Å²) in [5.74, 6) is 0.221. The van der Waals surface area contributed by atoms with Gasteiger partial charge in [-0.3, -0.25) is 0 Å². The largest absolute Gasteiger partial charge is 2.00 e. The molecule has 0 aliphatic rings. The first kappa shape index (κ1) is 21.3. The van der Waals surface area contributed by atoms with Crippen LogP contribution in [-0.2, 0) is 19.3 Å². The molecule has 2 rings (SSSR count). The molecule has 0 spiro atoms. The molecule has 0 radical (unpaired) electrons. The Labute approximate surface area is 175 Å². The van der Waals surface area contributed by atoms with Gasteiger partial charge in [0, 0.05) is 0 Å². The van der Waals surface area contributed by atoms with E-state index in [2.05, 4.69) is 13.8 Å². The molecule has 3 heteroatoms. The molecule has 0 fully saturated rings. The third kappa shape index (κ3) is 5.68. The average Bonchev–Trinajstić information content (AvgIpc) is 2.56. The fraction of sp³-hybridized carbons (Fsp3) is 0.429. The Morgan fingerprint density at radius 3 is 1.42 bits per heavy atom. The number of rotatable bonds is 8. The number of hydrogen-bond donors (Lipinski definition) is 0. The van der Waals surface area contributed by atoms with Crippen molar-refractivity contribution in [2.45, 2.75) is 58.8 Å². The zero-order chi connectivity index (χ0) is 16.7. The second-order valence-corrected chi connectivity index (χ2v) is 6.19. The number of aryl methyl sites for hydroxylation is 2. The zero-order valence-electron chi connectivity index (χ0n) is 14.9. The normalized spacial score (nSPS) is 10.4. The Kier molecular flexibility index (Phi) is 9.80. The van der Waals surface area contributed by atoms with Crippen molar-refractivity contribution in [3.05, 3.63) is 58.7 Å². The van der Waals surface area contributed by atoms with Crippen molar-refractivity contribution in [3.8, 4) is 11.5 Å². The summed E-state index contributed by atoms with van der Waals surface area (Å²) in [4.78, 5) is 0. The third-order valence-electron chi connectivity index (χ3n) is 4.34. The molecule has 0 amide bonds. The Morgan fingerprint density at radius 1 is 0.667 bits per heavy atom. The third-order valence-corrected chi connectivity index (χ3v) is 4.34. The van der Waals surface area contributed by atoms with E-state index < -0.39 is 0 Å². The molecule has 0 atom stereocenters. The maximum Gasteiger partial charge on any atom is 2.00 e. The minimum absolute atomic E-state index is 0. The summed E-state index contributed by atoms with van der Waals surface area (Å²) >= 11 is 0. The monoisotopic (exact) mass is 350 g/mol. The van der Waals surface area contributed by atoms with Crippen LogP contribution in [0, 0.1) is 0 Å². The molecular formula is C21H26CaO2. The number of para-hydroxylation sites is 2. The Morgan fingerprint density at radius 2 is 1.04 bits per heavy atom. The summed E-state index contributed by atoms with van der Waals surface area (Å²) in [5, 5.41) is 25.1. The molecule has 2 nitrogen and oxygen atoms in total. The molecular weight excluding hydrogens is 324 g/mol. The molecule has 2 aromatic rings. The molecule has 0 aliphatic carbocycles. The van der Waals surface area contributed by atoms with Crippen LogP contribution in [0.15, 0.2) is 36.4 Å². The van der Waals surface area contributed by atoms with Crippen molar-refractivity contribution in [3.63, 3.8) is 0 Å². The fourth-order valence-electron chi connectivity index (χ4n) is 2.89. The SMILES string of the molecule is CCCCc1cccc(Cc2cccc(CCCC)c2[O-])c1[O-].[Ca+2]. The molecule has 0 aromatic heterocycles. The van der Waals surface area contributed by atoms with Crippen molar-refractivity contribution in [1.29, 1.82) is 0 Å². The van der Waals surface area contributed by atoms with Crippen LogP contribution in [0.25, 0.3) is 0 Å². The van der Waals surface area contributed by atoms with Crippen molar-refractivity contribution in [1.82, 2.24) is 0 Å². The van der Waals surface area contributed by atoms with Gasteiger partial charge < -0.3 is 10.2 Å². The van der Waals surface area contributed by atoms with Gasteiger partial charge in [-0.1, -0.05) is 85.3 Å². The molecule has 0 heterocycles. The molecule has 0 saturated heterocycles. The van der Waals surface area contributed by atoms with E-state index in [-0.39, 0.29) is 49.2 Å². The van der Waals surface area contributed by atoms with Crippen LogP contribution in [0.5, 0.6) is 11.5 Å². The summed E-state index contributed by atoms with van der Waals surface area (Å²) in [6, 6.07) is 11.4. The molecule has 0 aliphatic heterocycles. The van der Waals surface area contributed by atoms with Gasteiger partial charge in [-0.05, 0) is 32.1 Å². The predicted molar refractivity (Wildman–Crippen MR) is 97.6 cm³/mol. The molecule has 0 saturated carbocycles. The van der Waals surface area contributed by atoms with Gasteiger partial charge in [-0.2, -0.15) is 0 Å². The van der Waals surface area contributed by atoms with Gasteiger partial charge >= 0.3 is 37.7 Å². The molecule has 0 unspecified atom stereocenters. The average molecular weight is 351 g/mol. The minimum atomic E-state index is 0. The Hall–Kier alpha value is -0.700. The summed E-state index contributed by atoms with van der Waals surface area (Å²) in [6.07, 6.45) is 6.29. The first-order chi connectivity index (χ1) is 11.2. The van der Waals surface area contributed by atoms with Gasteiger partial charge in [-0.25, -0.2) is 0 Å². The first-order valence-electron chi connectivity index (χ1n) is 8.72. The Balaban J connectivity index is 0.00000288. The van der Waals surface area contributed by atoms with Gasteiger partial charge in [0.1, 0.15) is 0 Å². The van der Waals surface area contributed by atoms with Crippen LogP contribution in [0.4, 0.5) is 0 Å². The second kappa shape index (κ2) is 11.0. The van der Waals surface area contributed by atoms with Crippen molar-refractivity contribution in [2.75, 3.05) is 0 Å². The van der Waals surface area contributed by atoms with Crippen molar-refractivity contribution < 1.29 is 10.2 Å². The van der Waals surface area contributed by atoms with Crippen molar-refractivity contribution in [2.24, 2.45) is 0 Å². The fourth-order valence-corrected chi connectivity index (χ4v) is 2.89. The van der Waals surface area contributed by atoms with Crippen LogP contribution in [-0.4, -0.2) is 37.7 Å². The topological polar surface area (TPSA) is 46.1 Å². The molecule has 2 aromatic carbocycles. The summed E-state index contributed by atoms with van der Waals surface area (Å²) < 4.78 is 0. The quantitative estimate of drug-likeness (QED) is 0.681. The van der Waals surface area contributed by atoms with E-state index in [0.29, 0.717) is 6.42 Å². The van der Waals surface area contributed by atoms with Crippen LogP contribution >= 0.6 is 0 Å². The van der Waals surface area contributed by atoms with E-state index in [0.717, 1.165) is 60.8 Å². The maximum atomic E-state index is 12.5. The Bertz CT molecular complexity index is 582. The van der Waals surface area contributed by atoms with E-state index in [4.69, 9.17) is 0 Å². The zero-order valence-corrected chi connectivity index (χ0v) is 17.1. The number of unbranched alkanes of at least 4 members (excludes halogenated alkanes) is 2. The van der Waals surface area contributed by atoms with Gasteiger partial charge in [0.2, 0.25) is 0 Å². The van der Waals surface area contributed by atoms with Gasteiger partial charge in [-0.15, -0.1) is 11.5 Å². The number of benzene rings is 2. The molecule has 0 N–H and O–H groups in total. The molecule has 124 valence electrons. The van der Waals surface area contributed by atoms with E-state index >= 15 is 0 Å².